The van der Waals surface area contributed by atoms with E-state index in [9.17, 15) is 9.59 Å². The fraction of sp³-hybridized carbons (Fsp3) is 0.333. The molecule has 0 bridgehead atoms. The number of hydrogen-bond donors (Lipinski definition) is 3. The number of hydrogen-bond acceptors (Lipinski definition) is 8. The van der Waals surface area contributed by atoms with Crippen molar-refractivity contribution in [3.63, 3.8) is 0 Å². The Balaban J connectivity index is 1.31. The zero-order valence-electron chi connectivity index (χ0n) is 17.0. The number of anilines is 3. The minimum Gasteiger partial charge on any atom is -0.481 e. The van der Waals surface area contributed by atoms with E-state index in [1.54, 1.807) is 0 Å². The normalized spacial score (nSPS) is 18.2. The average molecular weight is 457 g/mol. The maximum atomic E-state index is 12.4. The van der Waals surface area contributed by atoms with Crippen LogP contribution in [0.1, 0.15) is 54.3 Å². The van der Waals surface area contributed by atoms with Crippen molar-refractivity contribution >= 4 is 41.0 Å². The molecule has 1 aliphatic rings. The van der Waals surface area contributed by atoms with Crippen LogP contribution in [0.5, 0.6) is 0 Å². The van der Waals surface area contributed by atoms with Crippen LogP contribution >= 0.6 is 11.6 Å². The summed E-state index contributed by atoms with van der Waals surface area (Å²) < 4.78 is 5.32. The number of aliphatic carboxylic acids is 1. The number of aromatic nitrogens is 4. The Labute approximate surface area is 188 Å². The molecule has 2 heterocycles. The van der Waals surface area contributed by atoms with Crippen molar-refractivity contribution in [2.24, 2.45) is 5.92 Å². The van der Waals surface area contributed by atoms with Gasteiger partial charge in [-0.3, -0.25) is 19.9 Å². The molecule has 0 unspecified atom stereocenters. The molecular weight excluding hydrogens is 436 g/mol. The molecule has 0 radical (unpaired) electrons. The Kier molecular flexibility index (Phi) is 6.60. The van der Waals surface area contributed by atoms with Crippen LogP contribution in [0.15, 0.2) is 41.1 Å². The summed E-state index contributed by atoms with van der Waals surface area (Å²) in [6.07, 6.45) is 6.84. The van der Waals surface area contributed by atoms with Gasteiger partial charge in [0, 0.05) is 12.1 Å². The maximum Gasteiger partial charge on any atom is 0.321 e. The van der Waals surface area contributed by atoms with E-state index in [4.69, 9.17) is 21.1 Å². The van der Waals surface area contributed by atoms with Gasteiger partial charge < -0.3 is 14.8 Å². The number of nitrogens with zero attached hydrogens (tertiary/aromatic N) is 4. The molecule has 32 heavy (non-hydrogen) atoms. The number of carbonyl (C=O) groups is 2. The molecule has 1 amide bonds. The molecule has 4 rings (SSSR count). The van der Waals surface area contributed by atoms with Gasteiger partial charge >= 0.3 is 23.8 Å². The molecule has 11 heteroatoms. The third kappa shape index (κ3) is 5.58. The highest BCUT2D eigenvalue weighted by molar-refractivity contribution is 6.29. The van der Waals surface area contributed by atoms with Crippen molar-refractivity contribution in [1.82, 2.24) is 20.2 Å². The van der Waals surface area contributed by atoms with Gasteiger partial charge in [0.1, 0.15) is 5.15 Å². The quantitative estimate of drug-likeness (QED) is 0.475. The second-order valence-electron chi connectivity index (χ2n) is 7.66. The number of carboxylic acids is 1. The lowest BCUT2D eigenvalue weighted by Gasteiger charge is -2.28. The Bertz CT molecular complexity index is 1100. The fourth-order valence-corrected chi connectivity index (χ4v) is 3.99. The van der Waals surface area contributed by atoms with E-state index in [1.807, 2.05) is 24.3 Å². The predicted octanol–water partition coefficient (Wildman–Crippen LogP) is 4.26. The number of nitrogens with one attached hydrogen (secondary N) is 2. The number of rotatable bonds is 7. The lowest BCUT2D eigenvalue weighted by atomic mass is 9.77. The van der Waals surface area contributed by atoms with Crippen LogP contribution in [-0.4, -0.2) is 37.1 Å². The van der Waals surface area contributed by atoms with Crippen molar-refractivity contribution in [1.29, 1.82) is 0 Å². The van der Waals surface area contributed by atoms with Gasteiger partial charge in [-0.1, -0.05) is 28.8 Å². The first kappa shape index (κ1) is 21.7. The average Bonchev–Trinajstić information content (AvgIpc) is 3.23. The van der Waals surface area contributed by atoms with E-state index in [0.29, 0.717) is 17.4 Å². The molecule has 1 aromatic carbocycles. The summed E-state index contributed by atoms with van der Waals surface area (Å²) in [7, 11) is 0. The Morgan fingerprint density at radius 2 is 1.84 bits per heavy atom. The van der Waals surface area contributed by atoms with Crippen molar-refractivity contribution in [3.8, 4) is 0 Å². The first-order chi connectivity index (χ1) is 15.5. The van der Waals surface area contributed by atoms with E-state index >= 15 is 0 Å². The van der Waals surface area contributed by atoms with Gasteiger partial charge in [0.15, 0.2) is 5.82 Å². The van der Waals surface area contributed by atoms with Crippen molar-refractivity contribution < 1.29 is 19.1 Å². The molecule has 0 saturated heterocycles. The predicted molar refractivity (Wildman–Crippen MR) is 116 cm³/mol. The van der Waals surface area contributed by atoms with E-state index in [1.165, 1.54) is 18.0 Å². The molecule has 3 aromatic rings. The molecule has 2 aromatic heterocycles. The SMILES string of the molecule is O=C(O)C[C@H]1CC[C@H](c2ccc(NC(=O)c3nnc(Nc4cncc(Cl)n4)o3)cc2)CC1. The highest BCUT2D eigenvalue weighted by atomic mass is 35.5. The molecule has 0 aliphatic heterocycles. The number of amides is 1. The third-order valence-electron chi connectivity index (χ3n) is 5.41. The zero-order valence-corrected chi connectivity index (χ0v) is 17.7. The van der Waals surface area contributed by atoms with Crippen LogP contribution in [0, 0.1) is 5.92 Å². The first-order valence-corrected chi connectivity index (χ1v) is 10.6. The molecule has 0 spiro atoms. The monoisotopic (exact) mass is 456 g/mol. The lowest BCUT2D eigenvalue weighted by molar-refractivity contribution is -0.138. The summed E-state index contributed by atoms with van der Waals surface area (Å²) in [6.45, 7) is 0. The van der Waals surface area contributed by atoms with E-state index < -0.39 is 11.9 Å². The second-order valence-corrected chi connectivity index (χ2v) is 8.04. The van der Waals surface area contributed by atoms with Crippen LogP contribution in [0.2, 0.25) is 5.15 Å². The zero-order chi connectivity index (χ0) is 22.5. The van der Waals surface area contributed by atoms with Gasteiger partial charge in [-0.05, 0) is 55.2 Å². The van der Waals surface area contributed by atoms with Gasteiger partial charge in [0.25, 0.3) is 0 Å². The van der Waals surface area contributed by atoms with Crippen molar-refractivity contribution in [3.05, 3.63) is 53.3 Å². The lowest BCUT2D eigenvalue weighted by Crippen LogP contribution is -2.16. The number of carbonyl (C=O) groups excluding carboxylic acids is 1. The number of halogens is 1. The molecular formula is C21H21ClN6O4. The first-order valence-electron chi connectivity index (χ1n) is 10.2. The third-order valence-corrected chi connectivity index (χ3v) is 5.59. The minimum absolute atomic E-state index is 0.0134. The smallest absolute Gasteiger partial charge is 0.321 e. The van der Waals surface area contributed by atoms with Crippen LogP contribution in [0.4, 0.5) is 17.5 Å². The van der Waals surface area contributed by atoms with E-state index in [2.05, 4.69) is 30.8 Å². The van der Waals surface area contributed by atoms with Crippen LogP contribution in [0.3, 0.4) is 0 Å². The molecule has 166 valence electrons. The summed E-state index contributed by atoms with van der Waals surface area (Å²) in [4.78, 5) is 31.2. The molecule has 1 fully saturated rings. The van der Waals surface area contributed by atoms with Gasteiger partial charge in [-0.25, -0.2) is 4.98 Å². The summed E-state index contributed by atoms with van der Waals surface area (Å²) in [5, 5.41) is 22.1. The minimum atomic E-state index is -0.726. The van der Waals surface area contributed by atoms with Gasteiger partial charge in [-0.15, -0.1) is 5.10 Å². The summed E-state index contributed by atoms with van der Waals surface area (Å²) >= 11 is 5.78. The Morgan fingerprint density at radius 1 is 1.09 bits per heavy atom. The number of benzene rings is 1. The molecule has 1 saturated carbocycles. The molecule has 1 aliphatic carbocycles. The maximum absolute atomic E-state index is 12.4. The Hall–Kier alpha value is -3.53. The summed E-state index contributed by atoms with van der Waals surface area (Å²) in [6, 6.07) is 7.61. The van der Waals surface area contributed by atoms with E-state index in [-0.39, 0.29) is 29.4 Å². The van der Waals surface area contributed by atoms with E-state index in [0.717, 1.165) is 25.7 Å². The second kappa shape index (κ2) is 9.73. The molecule has 10 nitrogen and oxygen atoms in total. The van der Waals surface area contributed by atoms with Gasteiger partial charge in [0.05, 0.1) is 12.4 Å². The molecule has 0 atom stereocenters. The highest BCUT2D eigenvalue weighted by Crippen LogP contribution is 2.37. The standard InChI is InChI=1S/C21H21ClN6O4/c22-16-10-23-11-17(25-16)26-21-28-27-20(32-21)19(31)24-15-7-5-14(6-8-15)13-3-1-12(2-4-13)9-18(29)30/h5-8,10-13H,1-4,9H2,(H,24,31)(H,29,30)(H,25,26,28)/t12-,13-. The Morgan fingerprint density at radius 3 is 2.53 bits per heavy atom. The largest absolute Gasteiger partial charge is 0.481 e. The summed E-state index contributed by atoms with van der Waals surface area (Å²) in [5.41, 5.74) is 1.79. The fourth-order valence-electron chi connectivity index (χ4n) is 3.85. The molecule has 3 N–H and O–H groups in total. The van der Waals surface area contributed by atoms with Crippen molar-refractivity contribution in [2.75, 3.05) is 10.6 Å². The number of carboxylic acid groups (broad SMARTS) is 1. The van der Waals surface area contributed by atoms with Gasteiger partial charge in [-0.2, -0.15) is 0 Å². The van der Waals surface area contributed by atoms with Crippen molar-refractivity contribution in [2.45, 2.75) is 38.0 Å². The van der Waals surface area contributed by atoms with Gasteiger partial charge in [0.2, 0.25) is 0 Å². The summed E-state index contributed by atoms with van der Waals surface area (Å²) in [5.74, 6) is -0.490. The topological polar surface area (TPSA) is 143 Å². The van der Waals surface area contributed by atoms with Crippen LogP contribution < -0.4 is 10.6 Å². The van der Waals surface area contributed by atoms with Crippen LogP contribution in [-0.2, 0) is 4.79 Å². The highest BCUT2D eigenvalue weighted by Gasteiger charge is 2.24. The van der Waals surface area contributed by atoms with Crippen LogP contribution in [0.25, 0.3) is 0 Å².